The van der Waals surface area contributed by atoms with E-state index in [0.29, 0.717) is 4.47 Å². The van der Waals surface area contributed by atoms with Crippen molar-refractivity contribution >= 4 is 61.7 Å². The molecular formula is C14H7BrClF3INO. The number of carbonyl (C=O) groups excluding carboxylic acids is 1. The average Bonchev–Trinajstić information content (AvgIpc) is 2.42. The summed E-state index contributed by atoms with van der Waals surface area (Å²) in [5.74, 6) is -0.580. The van der Waals surface area contributed by atoms with Gasteiger partial charge in [0.25, 0.3) is 5.91 Å². The maximum absolute atomic E-state index is 12.7. The van der Waals surface area contributed by atoms with E-state index in [1.807, 2.05) is 22.6 Å². The normalized spacial score (nSPS) is 11.4. The fraction of sp³-hybridized carbons (Fsp3) is 0.0714. The van der Waals surface area contributed by atoms with E-state index >= 15 is 0 Å². The van der Waals surface area contributed by atoms with Crippen molar-refractivity contribution in [1.29, 1.82) is 0 Å². The van der Waals surface area contributed by atoms with Crippen molar-refractivity contribution < 1.29 is 18.0 Å². The molecule has 8 heteroatoms. The lowest BCUT2D eigenvalue weighted by Gasteiger charge is -2.12. The van der Waals surface area contributed by atoms with Crippen LogP contribution < -0.4 is 5.32 Å². The Labute approximate surface area is 151 Å². The van der Waals surface area contributed by atoms with Gasteiger partial charge in [0.05, 0.1) is 21.8 Å². The number of rotatable bonds is 2. The zero-order valence-corrected chi connectivity index (χ0v) is 15.1. The Morgan fingerprint density at radius 2 is 1.86 bits per heavy atom. The molecule has 0 heterocycles. The summed E-state index contributed by atoms with van der Waals surface area (Å²) >= 11 is 11.1. The third-order valence-electron chi connectivity index (χ3n) is 2.71. The minimum Gasteiger partial charge on any atom is -0.321 e. The Morgan fingerprint density at radius 3 is 2.50 bits per heavy atom. The van der Waals surface area contributed by atoms with Gasteiger partial charge in [-0.2, -0.15) is 13.2 Å². The molecule has 0 spiro atoms. The predicted octanol–water partition coefficient (Wildman–Crippen LogP) is 5.98. The molecule has 116 valence electrons. The van der Waals surface area contributed by atoms with Gasteiger partial charge in [-0.25, -0.2) is 0 Å². The summed E-state index contributed by atoms with van der Waals surface area (Å²) in [6.45, 7) is 0. The van der Waals surface area contributed by atoms with Gasteiger partial charge in [0.1, 0.15) is 0 Å². The first kappa shape index (κ1) is 17.6. The topological polar surface area (TPSA) is 29.1 Å². The van der Waals surface area contributed by atoms with Crippen molar-refractivity contribution in [3.63, 3.8) is 0 Å². The SMILES string of the molecule is O=C(Nc1cc(C(F)(F)F)ccc1Br)c1cc(I)ccc1Cl. The number of anilines is 1. The minimum absolute atomic E-state index is 0.0229. The molecule has 2 aromatic carbocycles. The van der Waals surface area contributed by atoms with E-state index in [1.165, 1.54) is 6.07 Å². The van der Waals surface area contributed by atoms with Crippen LogP contribution in [0.3, 0.4) is 0 Å². The molecule has 0 bridgehead atoms. The summed E-state index contributed by atoms with van der Waals surface area (Å²) in [6, 6.07) is 7.86. The highest BCUT2D eigenvalue weighted by Gasteiger charge is 2.31. The fourth-order valence-electron chi connectivity index (χ4n) is 1.66. The zero-order valence-electron chi connectivity index (χ0n) is 10.6. The van der Waals surface area contributed by atoms with Crippen LogP contribution in [0.2, 0.25) is 5.02 Å². The summed E-state index contributed by atoms with van der Waals surface area (Å²) in [7, 11) is 0. The highest BCUT2D eigenvalue weighted by atomic mass is 127. The lowest BCUT2D eigenvalue weighted by atomic mass is 10.1. The van der Waals surface area contributed by atoms with Gasteiger partial charge in [-0.15, -0.1) is 0 Å². The molecule has 0 atom stereocenters. The van der Waals surface area contributed by atoms with Gasteiger partial charge in [0.2, 0.25) is 0 Å². The number of hydrogen-bond donors (Lipinski definition) is 1. The van der Waals surface area contributed by atoms with Gasteiger partial charge in [-0.3, -0.25) is 4.79 Å². The van der Waals surface area contributed by atoms with Crippen LogP contribution in [-0.2, 0) is 6.18 Å². The van der Waals surface area contributed by atoms with Crippen LogP contribution in [0.15, 0.2) is 40.9 Å². The number of carbonyl (C=O) groups is 1. The Balaban J connectivity index is 2.34. The largest absolute Gasteiger partial charge is 0.416 e. The molecule has 0 radical (unpaired) electrons. The van der Waals surface area contributed by atoms with Crippen LogP contribution >= 0.6 is 50.1 Å². The van der Waals surface area contributed by atoms with E-state index < -0.39 is 17.6 Å². The van der Waals surface area contributed by atoms with Crippen molar-refractivity contribution in [2.45, 2.75) is 6.18 Å². The highest BCUT2D eigenvalue weighted by Crippen LogP contribution is 2.34. The lowest BCUT2D eigenvalue weighted by molar-refractivity contribution is -0.137. The van der Waals surface area contributed by atoms with Gasteiger partial charge in [-0.1, -0.05) is 11.6 Å². The number of alkyl halides is 3. The van der Waals surface area contributed by atoms with Gasteiger partial charge < -0.3 is 5.32 Å². The molecule has 0 aromatic heterocycles. The molecule has 0 unspecified atom stereocenters. The van der Waals surface area contributed by atoms with E-state index in [4.69, 9.17) is 11.6 Å². The molecule has 1 N–H and O–H groups in total. The van der Waals surface area contributed by atoms with Crippen molar-refractivity contribution in [2.75, 3.05) is 5.32 Å². The zero-order chi connectivity index (χ0) is 16.5. The van der Waals surface area contributed by atoms with Crippen LogP contribution in [-0.4, -0.2) is 5.91 Å². The maximum Gasteiger partial charge on any atom is 0.416 e. The first-order chi connectivity index (χ1) is 10.2. The van der Waals surface area contributed by atoms with E-state index in [1.54, 1.807) is 18.2 Å². The summed E-state index contributed by atoms with van der Waals surface area (Å²) in [6.07, 6.45) is -4.49. The second-order valence-corrected chi connectivity index (χ2v) is 6.78. The number of halogens is 6. The second-order valence-electron chi connectivity index (χ2n) is 4.27. The lowest BCUT2D eigenvalue weighted by Crippen LogP contribution is -2.14. The third kappa shape index (κ3) is 4.14. The molecule has 0 aliphatic carbocycles. The minimum atomic E-state index is -4.49. The third-order valence-corrected chi connectivity index (χ3v) is 4.41. The van der Waals surface area contributed by atoms with Crippen LogP contribution in [0.1, 0.15) is 15.9 Å². The number of amides is 1. The quantitative estimate of drug-likeness (QED) is 0.501. The van der Waals surface area contributed by atoms with Crippen LogP contribution in [0.25, 0.3) is 0 Å². The molecule has 1 amide bonds. The van der Waals surface area contributed by atoms with Crippen LogP contribution in [0.5, 0.6) is 0 Å². The number of hydrogen-bond acceptors (Lipinski definition) is 1. The van der Waals surface area contributed by atoms with Crippen LogP contribution in [0.4, 0.5) is 18.9 Å². The molecule has 0 saturated carbocycles. The van der Waals surface area contributed by atoms with Crippen LogP contribution in [0, 0.1) is 3.57 Å². The Morgan fingerprint density at radius 1 is 1.18 bits per heavy atom. The summed E-state index contributed by atoms with van der Waals surface area (Å²) < 4.78 is 39.3. The molecule has 22 heavy (non-hydrogen) atoms. The predicted molar refractivity (Wildman–Crippen MR) is 91.3 cm³/mol. The van der Waals surface area contributed by atoms with E-state index in [2.05, 4.69) is 21.2 Å². The molecule has 2 rings (SSSR count). The standard InChI is InChI=1S/C14H7BrClF3INO/c15-10-3-1-7(14(17,18)19)5-12(10)21-13(22)9-6-8(20)2-4-11(9)16/h1-6H,(H,21,22). The molecule has 0 aliphatic heterocycles. The Kier molecular flexibility index (Phi) is 5.39. The molecule has 2 aromatic rings. The van der Waals surface area contributed by atoms with E-state index in [0.717, 1.165) is 15.7 Å². The van der Waals surface area contributed by atoms with Gasteiger partial charge in [-0.05, 0) is 74.9 Å². The van der Waals surface area contributed by atoms with Gasteiger partial charge >= 0.3 is 6.18 Å². The smallest absolute Gasteiger partial charge is 0.321 e. The maximum atomic E-state index is 12.7. The Hall–Kier alpha value is -0.800. The fourth-order valence-corrected chi connectivity index (χ4v) is 2.70. The summed E-state index contributed by atoms with van der Waals surface area (Å²) in [5, 5.41) is 2.66. The highest BCUT2D eigenvalue weighted by molar-refractivity contribution is 14.1. The molecule has 0 aliphatic rings. The van der Waals surface area contributed by atoms with Gasteiger partial charge in [0.15, 0.2) is 0 Å². The molecular weight excluding hydrogens is 497 g/mol. The summed E-state index contributed by atoms with van der Waals surface area (Å²) in [5.41, 5.74) is -0.632. The van der Waals surface area contributed by atoms with Crippen molar-refractivity contribution in [3.8, 4) is 0 Å². The molecule has 0 saturated heterocycles. The molecule has 2 nitrogen and oxygen atoms in total. The Bertz CT molecular complexity index is 737. The first-order valence-corrected chi connectivity index (χ1v) is 8.06. The van der Waals surface area contributed by atoms with Crippen molar-refractivity contribution in [1.82, 2.24) is 0 Å². The van der Waals surface area contributed by atoms with Gasteiger partial charge in [0, 0.05) is 8.04 Å². The average molecular weight is 504 g/mol. The summed E-state index contributed by atoms with van der Waals surface area (Å²) in [4.78, 5) is 12.2. The van der Waals surface area contributed by atoms with Crippen molar-refractivity contribution in [2.24, 2.45) is 0 Å². The first-order valence-electron chi connectivity index (χ1n) is 5.81. The molecule has 0 fully saturated rings. The monoisotopic (exact) mass is 503 g/mol. The number of nitrogens with one attached hydrogen (secondary N) is 1. The number of benzene rings is 2. The van der Waals surface area contributed by atoms with E-state index in [-0.39, 0.29) is 16.3 Å². The second kappa shape index (κ2) is 6.76. The van der Waals surface area contributed by atoms with E-state index in [9.17, 15) is 18.0 Å². The van der Waals surface area contributed by atoms with Crippen molar-refractivity contribution in [3.05, 3.63) is 60.6 Å².